The summed E-state index contributed by atoms with van der Waals surface area (Å²) in [6.07, 6.45) is -3.05. The highest BCUT2D eigenvalue weighted by atomic mass is 79.9. The molecule has 2 aromatic carbocycles. The maximum Gasteiger partial charge on any atom is 0.417 e. The van der Waals surface area contributed by atoms with E-state index in [4.69, 9.17) is 9.47 Å². The minimum absolute atomic E-state index is 0.0664. The van der Waals surface area contributed by atoms with Crippen molar-refractivity contribution in [2.45, 2.75) is 32.9 Å². The molecule has 0 atom stereocenters. The molecule has 0 unspecified atom stereocenters. The minimum Gasteiger partial charge on any atom is -0.493 e. The van der Waals surface area contributed by atoms with E-state index in [0.717, 1.165) is 6.42 Å². The van der Waals surface area contributed by atoms with E-state index in [0.29, 0.717) is 13.0 Å². The van der Waals surface area contributed by atoms with Gasteiger partial charge in [-0.25, -0.2) is 4.79 Å². The van der Waals surface area contributed by atoms with Gasteiger partial charge in [-0.15, -0.1) is 0 Å². The number of ether oxygens (including phenoxy) is 2. The van der Waals surface area contributed by atoms with Crippen molar-refractivity contribution in [1.82, 2.24) is 0 Å². The van der Waals surface area contributed by atoms with Gasteiger partial charge in [0.25, 0.3) is 0 Å². The summed E-state index contributed by atoms with van der Waals surface area (Å²) in [4.78, 5) is 12.6. The van der Waals surface area contributed by atoms with Gasteiger partial charge in [-0.05, 0) is 37.1 Å². The summed E-state index contributed by atoms with van der Waals surface area (Å²) in [6.45, 7) is 3.49. The standard InChI is InChI=1S/C19H18BrF3O3/c1-3-4-10-25-15-11-14(20)17(19(21,22)23)12(2)16(15)18(24)26-13-8-6-5-7-9-13/h5-9,11H,3-4,10H2,1-2H3. The first-order valence-corrected chi connectivity index (χ1v) is 8.85. The Morgan fingerprint density at radius 3 is 2.42 bits per heavy atom. The van der Waals surface area contributed by atoms with Gasteiger partial charge in [-0.2, -0.15) is 13.2 Å². The van der Waals surface area contributed by atoms with Gasteiger partial charge in [0.2, 0.25) is 0 Å². The molecular weight excluding hydrogens is 413 g/mol. The van der Waals surface area contributed by atoms with Gasteiger partial charge in [-0.1, -0.05) is 47.5 Å². The van der Waals surface area contributed by atoms with Crippen LogP contribution in [-0.4, -0.2) is 12.6 Å². The molecule has 0 aliphatic carbocycles. The van der Waals surface area contributed by atoms with Crippen molar-refractivity contribution in [2.75, 3.05) is 6.61 Å². The molecule has 0 saturated carbocycles. The van der Waals surface area contributed by atoms with Crippen LogP contribution in [0.1, 0.15) is 41.3 Å². The van der Waals surface area contributed by atoms with E-state index in [1.165, 1.54) is 13.0 Å². The molecule has 0 saturated heterocycles. The molecule has 7 heteroatoms. The van der Waals surface area contributed by atoms with E-state index in [9.17, 15) is 18.0 Å². The summed E-state index contributed by atoms with van der Waals surface area (Å²) < 4.78 is 50.8. The topological polar surface area (TPSA) is 35.5 Å². The Hall–Kier alpha value is -2.02. The highest BCUT2D eigenvalue weighted by molar-refractivity contribution is 9.10. The number of alkyl halides is 3. The van der Waals surface area contributed by atoms with Gasteiger partial charge in [-0.3, -0.25) is 0 Å². The molecule has 140 valence electrons. The summed E-state index contributed by atoms with van der Waals surface area (Å²) in [6, 6.07) is 9.34. The second-order valence-electron chi connectivity index (χ2n) is 5.63. The third-order valence-corrected chi connectivity index (χ3v) is 4.32. The second-order valence-corrected chi connectivity index (χ2v) is 6.49. The van der Waals surface area contributed by atoms with Crippen LogP contribution in [0.4, 0.5) is 13.2 Å². The lowest BCUT2D eigenvalue weighted by Crippen LogP contribution is -2.18. The number of carbonyl (C=O) groups is 1. The van der Waals surface area contributed by atoms with Crippen LogP contribution in [0.5, 0.6) is 11.5 Å². The Morgan fingerprint density at radius 1 is 1.19 bits per heavy atom. The smallest absolute Gasteiger partial charge is 0.417 e. The Kier molecular flexibility index (Phi) is 6.69. The van der Waals surface area contributed by atoms with E-state index < -0.39 is 17.7 Å². The number of hydrogen-bond acceptors (Lipinski definition) is 3. The van der Waals surface area contributed by atoms with Gasteiger partial charge in [0, 0.05) is 4.47 Å². The fraction of sp³-hybridized carbons (Fsp3) is 0.316. The maximum absolute atomic E-state index is 13.4. The van der Waals surface area contributed by atoms with Crippen LogP contribution in [0.15, 0.2) is 40.9 Å². The molecule has 0 amide bonds. The average molecular weight is 431 g/mol. The molecule has 0 spiro atoms. The lowest BCUT2D eigenvalue weighted by atomic mass is 10.0. The number of benzene rings is 2. The van der Waals surface area contributed by atoms with Crippen LogP contribution in [-0.2, 0) is 6.18 Å². The Bertz CT molecular complexity index is 774. The first kappa shape index (κ1) is 20.3. The molecule has 0 bridgehead atoms. The molecule has 0 aromatic heterocycles. The van der Waals surface area contributed by atoms with Crippen molar-refractivity contribution < 1.29 is 27.4 Å². The number of carbonyl (C=O) groups excluding carboxylic acids is 1. The third-order valence-electron chi connectivity index (χ3n) is 3.69. The van der Waals surface area contributed by atoms with Gasteiger partial charge in [0.1, 0.15) is 17.1 Å². The number of unbranched alkanes of at least 4 members (excludes halogenated alkanes) is 1. The van der Waals surface area contributed by atoms with Gasteiger partial charge in [0.05, 0.1) is 12.2 Å². The van der Waals surface area contributed by atoms with E-state index in [1.807, 2.05) is 6.92 Å². The summed E-state index contributed by atoms with van der Waals surface area (Å²) in [5.74, 6) is -0.581. The van der Waals surface area contributed by atoms with Crippen LogP contribution in [0, 0.1) is 6.92 Å². The third kappa shape index (κ3) is 4.78. The minimum atomic E-state index is -4.62. The molecule has 2 aromatic rings. The predicted octanol–water partition coefficient (Wildman–Crippen LogP) is 6.17. The largest absolute Gasteiger partial charge is 0.493 e. The lowest BCUT2D eigenvalue weighted by molar-refractivity contribution is -0.138. The predicted molar refractivity (Wildman–Crippen MR) is 95.7 cm³/mol. The SMILES string of the molecule is CCCCOc1cc(Br)c(C(F)(F)F)c(C)c1C(=O)Oc1ccccc1. The van der Waals surface area contributed by atoms with Crippen LogP contribution in [0.25, 0.3) is 0 Å². The van der Waals surface area contributed by atoms with Crippen LogP contribution in [0.2, 0.25) is 0 Å². The van der Waals surface area contributed by atoms with E-state index in [-0.39, 0.29) is 27.1 Å². The van der Waals surface area contributed by atoms with Gasteiger partial charge < -0.3 is 9.47 Å². The van der Waals surface area contributed by atoms with Crippen LogP contribution in [0.3, 0.4) is 0 Å². The van der Waals surface area contributed by atoms with Crippen molar-refractivity contribution >= 4 is 21.9 Å². The fourth-order valence-corrected chi connectivity index (χ4v) is 3.17. The molecule has 0 fully saturated rings. The number of halogens is 4. The Morgan fingerprint density at radius 2 is 1.85 bits per heavy atom. The lowest BCUT2D eigenvalue weighted by Gasteiger charge is -2.19. The Balaban J connectivity index is 2.49. The summed E-state index contributed by atoms with van der Waals surface area (Å²) in [7, 11) is 0. The number of hydrogen-bond donors (Lipinski definition) is 0. The molecule has 0 radical (unpaired) electrons. The molecule has 26 heavy (non-hydrogen) atoms. The first-order chi connectivity index (χ1) is 12.3. The monoisotopic (exact) mass is 430 g/mol. The fourth-order valence-electron chi connectivity index (χ4n) is 2.44. The number of rotatable bonds is 6. The zero-order valence-electron chi connectivity index (χ0n) is 14.3. The Labute approximate surface area is 158 Å². The van der Waals surface area contributed by atoms with Crippen molar-refractivity contribution in [3.63, 3.8) is 0 Å². The highest BCUT2D eigenvalue weighted by Gasteiger charge is 2.38. The molecule has 0 N–H and O–H groups in total. The summed E-state index contributed by atoms with van der Waals surface area (Å²) in [5, 5.41) is 0. The number of esters is 1. The van der Waals surface area contributed by atoms with Crippen molar-refractivity contribution in [3.05, 3.63) is 57.6 Å². The van der Waals surface area contributed by atoms with E-state index in [2.05, 4.69) is 15.9 Å². The van der Waals surface area contributed by atoms with Crippen molar-refractivity contribution in [3.8, 4) is 11.5 Å². The molecule has 2 rings (SSSR count). The second kappa shape index (κ2) is 8.58. The zero-order chi connectivity index (χ0) is 19.3. The maximum atomic E-state index is 13.4. The van der Waals surface area contributed by atoms with Crippen LogP contribution < -0.4 is 9.47 Å². The number of para-hydroxylation sites is 1. The van der Waals surface area contributed by atoms with E-state index >= 15 is 0 Å². The van der Waals surface area contributed by atoms with Gasteiger partial charge >= 0.3 is 12.1 Å². The summed E-state index contributed by atoms with van der Waals surface area (Å²) in [5.41, 5.74) is -1.37. The van der Waals surface area contributed by atoms with Crippen molar-refractivity contribution in [2.24, 2.45) is 0 Å². The zero-order valence-corrected chi connectivity index (χ0v) is 15.9. The molecule has 0 aliphatic rings. The molecular formula is C19H18BrF3O3. The van der Waals surface area contributed by atoms with Gasteiger partial charge in [0.15, 0.2) is 0 Å². The average Bonchev–Trinajstić information content (AvgIpc) is 2.54. The van der Waals surface area contributed by atoms with Crippen LogP contribution >= 0.6 is 15.9 Å². The molecule has 0 aliphatic heterocycles. The first-order valence-electron chi connectivity index (χ1n) is 8.06. The quantitative estimate of drug-likeness (QED) is 0.312. The summed E-state index contributed by atoms with van der Waals surface area (Å²) >= 11 is 2.94. The molecule has 3 nitrogen and oxygen atoms in total. The normalized spacial score (nSPS) is 11.3. The van der Waals surface area contributed by atoms with Crippen molar-refractivity contribution in [1.29, 1.82) is 0 Å². The highest BCUT2D eigenvalue weighted by Crippen LogP contribution is 2.42. The van der Waals surface area contributed by atoms with E-state index in [1.54, 1.807) is 30.3 Å². The molecule has 0 heterocycles.